The molecule has 1 aliphatic carbocycles. The number of hydrogen-bond donors (Lipinski definition) is 0. The molecule has 5 heteroatoms. The van der Waals surface area contributed by atoms with E-state index in [1.54, 1.807) is 0 Å². The van der Waals surface area contributed by atoms with Gasteiger partial charge in [-0.1, -0.05) is 97.1 Å². The molecule has 0 atom stereocenters. The van der Waals surface area contributed by atoms with Gasteiger partial charge in [0.1, 0.15) is 0 Å². The van der Waals surface area contributed by atoms with Gasteiger partial charge in [-0.2, -0.15) is 0 Å². The zero-order chi connectivity index (χ0) is 33.7. The van der Waals surface area contributed by atoms with Crippen LogP contribution in [0.5, 0.6) is 0 Å². The normalized spacial score (nSPS) is 12.5. The number of fused-ring (bicyclic) bond motifs is 6. The summed E-state index contributed by atoms with van der Waals surface area (Å²) < 4.78 is 2.49. The summed E-state index contributed by atoms with van der Waals surface area (Å²) in [4.78, 5) is 19.7. The lowest BCUT2D eigenvalue weighted by molar-refractivity contribution is 0.968. The Morgan fingerprint density at radius 1 is 0.529 bits per heavy atom. The molecule has 0 saturated carbocycles. The zero-order valence-corrected chi connectivity index (χ0v) is 27.7. The highest BCUT2D eigenvalue weighted by molar-refractivity contribution is 6.17. The lowest BCUT2D eigenvalue weighted by atomic mass is 9.94. The quantitative estimate of drug-likeness (QED) is 0.185. The molecule has 0 unspecified atom stereocenters. The van der Waals surface area contributed by atoms with Crippen molar-refractivity contribution < 1.29 is 0 Å². The molecule has 10 rings (SSSR count). The molecular weight excluding hydrogens is 623 g/mol. The number of aryl methyl sites for hydroxylation is 1. The first-order chi connectivity index (χ1) is 25.3. The fourth-order valence-electron chi connectivity index (χ4n) is 7.70. The van der Waals surface area contributed by atoms with Crippen LogP contribution in [-0.2, 0) is 6.42 Å². The van der Waals surface area contributed by atoms with Gasteiger partial charge < -0.3 is 4.57 Å². The minimum atomic E-state index is 0.810. The molecule has 51 heavy (non-hydrogen) atoms. The standard InChI is InChI=1S/C46H31N5/c1-2-14-30(15-3-1)45-44-36-19-7-9-23-42(36)51(46(44)35-18-6-8-20-37(35)50-45)43-25-24-32(33-16-4-5-17-34(33)43)31-28-40(38-21-10-12-26-47-38)49-41(29-31)39-22-11-13-27-48-39/h1-5,7-17,19-29H,6,18H2. The summed E-state index contributed by atoms with van der Waals surface area (Å²) in [6, 6.07) is 48.9. The number of nitrogens with zero attached hydrogens (tertiary/aromatic N) is 5. The molecule has 4 aromatic carbocycles. The van der Waals surface area contributed by atoms with Crippen LogP contribution in [0.3, 0.4) is 0 Å². The third-order valence-electron chi connectivity index (χ3n) is 9.96. The Kier molecular flexibility index (Phi) is 6.88. The van der Waals surface area contributed by atoms with Crippen LogP contribution in [0.25, 0.3) is 89.5 Å². The first-order valence-corrected chi connectivity index (χ1v) is 17.4. The molecule has 0 fully saturated rings. The lowest BCUT2D eigenvalue weighted by Crippen LogP contribution is -2.05. The number of hydrogen-bond acceptors (Lipinski definition) is 4. The Hall–Kier alpha value is -6.72. The van der Waals surface area contributed by atoms with E-state index in [-0.39, 0.29) is 0 Å². The number of para-hydroxylation sites is 1. The maximum absolute atomic E-state index is 5.34. The second kappa shape index (κ2) is 12.0. The molecule has 0 amide bonds. The summed E-state index contributed by atoms with van der Waals surface area (Å²) in [5, 5.41) is 4.75. The van der Waals surface area contributed by atoms with Gasteiger partial charge in [-0.3, -0.25) is 9.97 Å². The molecule has 0 radical (unpaired) electrons. The van der Waals surface area contributed by atoms with Gasteiger partial charge in [-0.25, -0.2) is 9.97 Å². The SMILES string of the molecule is C1=Cc2nc(-c3ccccc3)c3c4ccccc4n(-c4ccc(-c5cc(-c6ccccn6)nc(-c6ccccn6)c5)c5ccccc45)c3c2CC1. The Morgan fingerprint density at radius 3 is 1.92 bits per heavy atom. The molecular formula is C46H31N5. The van der Waals surface area contributed by atoms with E-state index < -0.39 is 0 Å². The Balaban J connectivity index is 1.27. The van der Waals surface area contributed by atoms with Gasteiger partial charge in [0.2, 0.25) is 0 Å². The number of allylic oxidation sites excluding steroid dienone is 1. The smallest absolute Gasteiger partial charge is 0.0900 e. The fourth-order valence-corrected chi connectivity index (χ4v) is 7.70. The summed E-state index contributed by atoms with van der Waals surface area (Å²) in [6.45, 7) is 0. The van der Waals surface area contributed by atoms with Gasteiger partial charge in [-0.05, 0) is 84.0 Å². The summed E-state index contributed by atoms with van der Waals surface area (Å²) in [5.74, 6) is 0. The molecule has 5 nitrogen and oxygen atoms in total. The second-order valence-corrected chi connectivity index (χ2v) is 12.9. The maximum Gasteiger partial charge on any atom is 0.0900 e. The van der Waals surface area contributed by atoms with Gasteiger partial charge in [0.05, 0.1) is 50.9 Å². The van der Waals surface area contributed by atoms with Gasteiger partial charge in [0, 0.05) is 39.7 Å². The molecule has 1 aliphatic rings. The number of pyridine rings is 4. The van der Waals surface area contributed by atoms with E-state index in [1.165, 1.54) is 32.8 Å². The average molecular weight is 654 g/mol. The van der Waals surface area contributed by atoms with Crippen LogP contribution in [0.1, 0.15) is 17.7 Å². The zero-order valence-electron chi connectivity index (χ0n) is 27.7. The fraction of sp³-hybridized carbons (Fsp3) is 0.0435. The van der Waals surface area contributed by atoms with Crippen molar-refractivity contribution in [3.63, 3.8) is 0 Å². The number of aromatic nitrogens is 5. The summed E-state index contributed by atoms with van der Waals surface area (Å²) in [7, 11) is 0. The highest BCUT2D eigenvalue weighted by atomic mass is 15.0. The largest absolute Gasteiger partial charge is 0.308 e. The van der Waals surface area contributed by atoms with Crippen molar-refractivity contribution in [3.8, 4) is 50.8 Å². The van der Waals surface area contributed by atoms with Crippen molar-refractivity contribution in [3.05, 3.63) is 169 Å². The van der Waals surface area contributed by atoms with Crippen LogP contribution >= 0.6 is 0 Å². The van der Waals surface area contributed by atoms with Crippen molar-refractivity contribution in [2.45, 2.75) is 12.8 Å². The van der Waals surface area contributed by atoms with Crippen molar-refractivity contribution in [1.29, 1.82) is 0 Å². The average Bonchev–Trinajstić information content (AvgIpc) is 3.56. The molecule has 5 heterocycles. The van der Waals surface area contributed by atoms with Crippen LogP contribution in [0.2, 0.25) is 0 Å². The monoisotopic (exact) mass is 653 g/mol. The van der Waals surface area contributed by atoms with Gasteiger partial charge in [0.25, 0.3) is 0 Å². The van der Waals surface area contributed by atoms with Gasteiger partial charge in [0.15, 0.2) is 0 Å². The molecule has 5 aromatic heterocycles. The summed E-state index contributed by atoms with van der Waals surface area (Å²) >= 11 is 0. The highest BCUT2D eigenvalue weighted by Crippen LogP contribution is 2.44. The van der Waals surface area contributed by atoms with Crippen molar-refractivity contribution >= 4 is 38.7 Å². The van der Waals surface area contributed by atoms with Crippen molar-refractivity contribution in [2.75, 3.05) is 0 Å². The van der Waals surface area contributed by atoms with Crippen LogP contribution in [0, 0.1) is 0 Å². The predicted octanol–water partition coefficient (Wildman–Crippen LogP) is 11.1. The maximum atomic E-state index is 5.34. The molecule has 0 saturated heterocycles. The van der Waals surface area contributed by atoms with Gasteiger partial charge in [-0.15, -0.1) is 0 Å². The minimum Gasteiger partial charge on any atom is -0.308 e. The first kappa shape index (κ1) is 29.2. The lowest BCUT2D eigenvalue weighted by Gasteiger charge is -2.19. The summed E-state index contributed by atoms with van der Waals surface area (Å²) in [5.41, 5.74) is 13.5. The topological polar surface area (TPSA) is 56.5 Å². The van der Waals surface area contributed by atoms with E-state index in [9.17, 15) is 0 Å². The Labute approximate surface area is 295 Å². The van der Waals surface area contributed by atoms with Gasteiger partial charge >= 0.3 is 0 Å². The van der Waals surface area contributed by atoms with E-state index in [4.69, 9.17) is 9.97 Å². The summed E-state index contributed by atoms with van der Waals surface area (Å²) in [6.07, 6.45) is 10.0. The molecule has 0 spiro atoms. The van der Waals surface area contributed by atoms with Crippen LogP contribution in [0.15, 0.2) is 158 Å². The van der Waals surface area contributed by atoms with E-state index >= 15 is 0 Å². The predicted molar refractivity (Wildman–Crippen MR) is 209 cm³/mol. The molecule has 0 bridgehead atoms. The molecule has 0 aliphatic heterocycles. The molecule has 9 aromatic rings. The highest BCUT2D eigenvalue weighted by Gasteiger charge is 2.25. The van der Waals surface area contributed by atoms with Crippen LogP contribution < -0.4 is 0 Å². The molecule has 240 valence electrons. The Morgan fingerprint density at radius 2 is 1.20 bits per heavy atom. The van der Waals surface area contributed by atoms with E-state index in [0.29, 0.717) is 0 Å². The number of rotatable bonds is 5. The number of benzene rings is 4. The Bertz CT molecular complexity index is 2730. The van der Waals surface area contributed by atoms with E-state index in [2.05, 4.69) is 130 Å². The third-order valence-corrected chi connectivity index (χ3v) is 9.96. The van der Waals surface area contributed by atoms with Crippen LogP contribution in [-0.4, -0.2) is 24.5 Å². The molecule has 0 N–H and O–H groups in total. The van der Waals surface area contributed by atoms with E-state index in [0.717, 1.165) is 74.8 Å². The second-order valence-electron chi connectivity index (χ2n) is 12.9. The van der Waals surface area contributed by atoms with Crippen LogP contribution in [0.4, 0.5) is 0 Å². The van der Waals surface area contributed by atoms with Crippen molar-refractivity contribution in [1.82, 2.24) is 24.5 Å². The first-order valence-electron chi connectivity index (χ1n) is 17.4. The minimum absolute atomic E-state index is 0.810. The third kappa shape index (κ3) is 4.85. The van der Waals surface area contributed by atoms with E-state index in [1.807, 2.05) is 48.8 Å². The van der Waals surface area contributed by atoms with Crippen molar-refractivity contribution in [2.24, 2.45) is 0 Å².